The van der Waals surface area contributed by atoms with Gasteiger partial charge in [0.05, 0.1) is 22.8 Å². The number of anilines is 1. The van der Waals surface area contributed by atoms with Crippen LogP contribution in [0.3, 0.4) is 0 Å². The van der Waals surface area contributed by atoms with E-state index in [1.54, 1.807) is 30.5 Å². The van der Waals surface area contributed by atoms with Crippen molar-refractivity contribution in [3.05, 3.63) is 58.3 Å². The van der Waals surface area contributed by atoms with Gasteiger partial charge in [-0.1, -0.05) is 23.2 Å². The average Bonchev–Trinajstić information content (AvgIpc) is 3.04. The lowest BCUT2D eigenvalue weighted by Crippen LogP contribution is -2.33. The van der Waals surface area contributed by atoms with E-state index < -0.39 is 5.91 Å². The Kier molecular flexibility index (Phi) is 4.69. The smallest absolute Gasteiger partial charge is 0.252 e. The highest BCUT2D eigenvalue weighted by molar-refractivity contribution is 6.35. The van der Waals surface area contributed by atoms with Gasteiger partial charge in [-0.25, -0.2) is 4.98 Å². The molecular weight excluding hydrogens is 351 g/mol. The number of carbonyl (C=O) groups excluding carboxylic acids is 2. The molecule has 3 aromatic rings. The molecule has 0 atom stereocenters. The molecule has 3 N–H and O–H groups in total. The molecule has 0 fully saturated rings. The monoisotopic (exact) mass is 362 g/mol. The molecule has 0 spiro atoms. The topological polar surface area (TPSA) is 86.9 Å². The summed E-state index contributed by atoms with van der Waals surface area (Å²) in [5, 5.41) is 6.67. The summed E-state index contributed by atoms with van der Waals surface area (Å²) in [6.07, 6.45) is 3.22. The van der Waals surface area contributed by atoms with Gasteiger partial charge < -0.3 is 15.6 Å². The number of halogens is 2. The van der Waals surface area contributed by atoms with Crippen LogP contribution in [0.5, 0.6) is 0 Å². The fourth-order valence-corrected chi connectivity index (χ4v) is 2.54. The predicted octanol–water partition coefficient (Wildman–Crippen LogP) is 3.24. The summed E-state index contributed by atoms with van der Waals surface area (Å²) in [4.78, 5) is 31.3. The van der Waals surface area contributed by atoms with Crippen molar-refractivity contribution in [2.45, 2.75) is 0 Å². The van der Waals surface area contributed by atoms with Crippen molar-refractivity contribution < 1.29 is 9.59 Å². The van der Waals surface area contributed by atoms with Crippen molar-refractivity contribution in [1.82, 2.24) is 15.3 Å². The molecule has 6 nitrogen and oxygen atoms in total. The molecule has 2 heterocycles. The number of nitrogens with zero attached hydrogens (tertiary/aromatic N) is 1. The number of rotatable bonds is 4. The van der Waals surface area contributed by atoms with Crippen molar-refractivity contribution >= 4 is 51.7 Å². The zero-order valence-corrected chi connectivity index (χ0v) is 13.8. The van der Waals surface area contributed by atoms with Gasteiger partial charge in [-0.3, -0.25) is 9.59 Å². The Balaban J connectivity index is 1.65. The lowest BCUT2D eigenvalue weighted by Gasteiger charge is -2.09. The first kappa shape index (κ1) is 16.3. The molecule has 0 saturated heterocycles. The van der Waals surface area contributed by atoms with Crippen LogP contribution in [0.15, 0.2) is 42.7 Å². The molecule has 3 rings (SSSR count). The third-order valence-electron chi connectivity index (χ3n) is 3.32. The Bertz CT molecular complexity index is 923. The lowest BCUT2D eigenvalue weighted by molar-refractivity contribution is -0.115. The molecule has 0 aliphatic heterocycles. The quantitative estimate of drug-likeness (QED) is 0.665. The van der Waals surface area contributed by atoms with Gasteiger partial charge in [0, 0.05) is 22.8 Å². The van der Waals surface area contributed by atoms with E-state index in [9.17, 15) is 9.59 Å². The minimum Gasteiger partial charge on any atom is -0.346 e. The summed E-state index contributed by atoms with van der Waals surface area (Å²) < 4.78 is 0. The number of amides is 2. The number of aromatic nitrogens is 2. The van der Waals surface area contributed by atoms with Gasteiger partial charge in [-0.15, -0.1) is 0 Å². The lowest BCUT2D eigenvalue weighted by atomic mass is 10.2. The van der Waals surface area contributed by atoms with E-state index in [1.807, 2.05) is 0 Å². The highest BCUT2D eigenvalue weighted by Crippen LogP contribution is 2.25. The second-order valence-electron chi connectivity index (χ2n) is 4.95. The van der Waals surface area contributed by atoms with E-state index in [0.717, 1.165) is 0 Å². The maximum Gasteiger partial charge on any atom is 0.252 e. The van der Waals surface area contributed by atoms with E-state index in [1.165, 1.54) is 12.3 Å². The SMILES string of the molecule is O=C(CNC(=O)c1ccnc2[nH]ccc12)Nc1cc(Cl)ccc1Cl. The molecule has 1 aromatic carbocycles. The van der Waals surface area contributed by atoms with E-state index in [-0.39, 0.29) is 12.5 Å². The predicted molar refractivity (Wildman–Crippen MR) is 93.5 cm³/mol. The van der Waals surface area contributed by atoms with E-state index in [0.29, 0.717) is 32.3 Å². The van der Waals surface area contributed by atoms with Crippen LogP contribution < -0.4 is 10.6 Å². The molecule has 0 aliphatic carbocycles. The fraction of sp³-hybridized carbons (Fsp3) is 0.0625. The first-order chi connectivity index (χ1) is 11.5. The third-order valence-corrected chi connectivity index (χ3v) is 3.88. The molecule has 8 heteroatoms. The van der Waals surface area contributed by atoms with Gasteiger partial charge in [0.25, 0.3) is 5.91 Å². The molecule has 2 aromatic heterocycles. The van der Waals surface area contributed by atoms with Crippen LogP contribution in [0.4, 0.5) is 5.69 Å². The average molecular weight is 363 g/mol. The van der Waals surface area contributed by atoms with Crippen LogP contribution in [0.2, 0.25) is 10.0 Å². The molecular formula is C16H12Cl2N4O2. The first-order valence-corrected chi connectivity index (χ1v) is 7.75. The largest absolute Gasteiger partial charge is 0.346 e. The van der Waals surface area contributed by atoms with Crippen molar-refractivity contribution in [1.29, 1.82) is 0 Å². The molecule has 0 saturated carbocycles. The molecule has 122 valence electrons. The third kappa shape index (κ3) is 3.50. The zero-order chi connectivity index (χ0) is 17.1. The highest BCUT2D eigenvalue weighted by Gasteiger charge is 2.13. The summed E-state index contributed by atoms with van der Waals surface area (Å²) in [6.45, 7) is -0.198. The van der Waals surface area contributed by atoms with Crippen LogP contribution in [-0.2, 0) is 4.79 Å². The van der Waals surface area contributed by atoms with Crippen molar-refractivity contribution in [3.63, 3.8) is 0 Å². The van der Waals surface area contributed by atoms with Gasteiger partial charge >= 0.3 is 0 Å². The first-order valence-electron chi connectivity index (χ1n) is 7.00. The number of fused-ring (bicyclic) bond motifs is 1. The second kappa shape index (κ2) is 6.90. The van der Waals surface area contributed by atoms with E-state index >= 15 is 0 Å². The molecule has 24 heavy (non-hydrogen) atoms. The second-order valence-corrected chi connectivity index (χ2v) is 5.80. The van der Waals surface area contributed by atoms with Gasteiger partial charge in [-0.2, -0.15) is 0 Å². The Labute approximate surface area is 147 Å². The van der Waals surface area contributed by atoms with E-state index in [4.69, 9.17) is 23.2 Å². The summed E-state index contributed by atoms with van der Waals surface area (Å²) >= 11 is 11.8. The number of H-pyrrole nitrogens is 1. The summed E-state index contributed by atoms with van der Waals surface area (Å²) in [5.74, 6) is -0.777. The summed E-state index contributed by atoms with van der Waals surface area (Å²) in [7, 11) is 0. The van der Waals surface area contributed by atoms with Gasteiger partial charge in [0.15, 0.2) is 0 Å². The van der Waals surface area contributed by atoms with Gasteiger partial charge in [0.1, 0.15) is 5.65 Å². The number of benzene rings is 1. The highest BCUT2D eigenvalue weighted by atomic mass is 35.5. The maximum atomic E-state index is 12.3. The van der Waals surface area contributed by atoms with Crippen LogP contribution in [-0.4, -0.2) is 28.3 Å². The number of hydrogen-bond acceptors (Lipinski definition) is 3. The van der Waals surface area contributed by atoms with Gasteiger partial charge in [-0.05, 0) is 30.3 Å². The molecule has 0 unspecified atom stereocenters. The molecule has 2 amide bonds. The number of pyridine rings is 1. The molecule has 0 radical (unpaired) electrons. The molecule has 0 aliphatic rings. The number of hydrogen-bond donors (Lipinski definition) is 3. The normalized spacial score (nSPS) is 10.6. The Morgan fingerprint density at radius 2 is 2.00 bits per heavy atom. The van der Waals surface area contributed by atoms with E-state index in [2.05, 4.69) is 20.6 Å². The minimum absolute atomic E-state index is 0.198. The van der Waals surface area contributed by atoms with Crippen LogP contribution >= 0.6 is 23.2 Å². The number of carbonyl (C=O) groups is 2. The van der Waals surface area contributed by atoms with Gasteiger partial charge in [0.2, 0.25) is 5.91 Å². The Hall–Kier alpha value is -2.57. The van der Waals surface area contributed by atoms with Crippen molar-refractivity contribution in [3.8, 4) is 0 Å². The van der Waals surface area contributed by atoms with Crippen LogP contribution in [0.25, 0.3) is 11.0 Å². The maximum absolute atomic E-state index is 12.3. The number of nitrogens with one attached hydrogen (secondary N) is 3. The minimum atomic E-state index is -0.410. The fourth-order valence-electron chi connectivity index (χ4n) is 2.20. The van der Waals surface area contributed by atoms with Crippen molar-refractivity contribution in [2.24, 2.45) is 0 Å². The number of aromatic amines is 1. The molecule has 0 bridgehead atoms. The van der Waals surface area contributed by atoms with Crippen LogP contribution in [0.1, 0.15) is 10.4 Å². The standard InChI is InChI=1S/C16H12Cl2N4O2/c17-9-1-2-12(18)13(7-9)22-14(23)8-21-16(24)11-4-6-20-15-10(11)3-5-19-15/h1-7H,8H2,(H,19,20)(H,21,24)(H,22,23). The Morgan fingerprint density at radius 1 is 1.17 bits per heavy atom. The van der Waals surface area contributed by atoms with Crippen molar-refractivity contribution in [2.75, 3.05) is 11.9 Å². The summed E-state index contributed by atoms with van der Waals surface area (Å²) in [5.41, 5.74) is 1.44. The Morgan fingerprint density at radius 3 is 2.83 bits per heavy atom. The summed E-state index contributed by atoms with van der Waals surface area (Å²) in [6, 6.07) is 8.08. The zero-order valence-electron chi connectivity index (χ0n) is 12.3. The van der Waals surface area contributed by atoms with Crippen LogP contribution in [0, 0.1) is 0 Å².